The smallest absolute Gasteiger partial charge is 0.244 e. The monoisotopic (exact) mass is 219 g/mol. The fraction of sp³-hybridized carbons (Fsp3) is 0.308. The first-order chi connectivity index (χ1) is 7.66. The maximum Gasteiger partial charge on any atom is 0.244 e. The number of rotatable bonds is 3. The number of allylic oxidation sites excluding steroid dienone is 1. The van der Waals surface area contributed by atoms with E-state index in [2.05, 4.69) is 5.32 Å². The topological polar surface area (TPSA) is 29.1 Å². The molecule has 0 saturated heterocycles. The molecule has 1 amide bonds. The largest absolute Gasteiger partial charge is 0.350 e. The average Bonchev–Trinajstić information content (AvgIpc) is 3.01. The molecule has 1 aromatic carbocycles. The molecule has 16 heavy (non-hydrogen) atoms. The maximum atomic E-state index is 13.4. The van der Waals surface area contributed by atoms with E-state index in [1.807, 2.05) is 0 Å². The molecule has 0 aliphatic heterocycles. The first-order valence-corrected chi connectivity index (χ1v) is 5.40. The summed E-state index contributed by atoms with van der Waals surface area (Å²) in [7, 11) is 0. The van der Waals surface area contributed by atoms with E-state index >= 15 is 0 Å². The summed E-state index contributed by atoms with van der Waals surface area (Å²) in [5.41, 5.74) is 1.13. The number of carbonyl (C=O) groups excluding carboxylic acids is 1. The minimum Gasteiger partial charge on any atom is -0.350 e. The van der Waals surface area contributed by atoms with Gasteiger partial charge in [0.25, 0.3) is 0 Å². The van der Waals surface area contributed by atoms with Crippen LogP contribution in [0, 0.1) is 5.82 Å². The zero-order valence-corrected chi connectivity index (χ0v) is 9.16. The minimum absolute atomic E-state index is 0.136. The molecule has 0 aromatic heterocycles. The van der Waals surface area contributed by atoms with Crippen molar-refractivity contribution < 1.29 is 9.18 Å². The second kappa shape index (κ2) is 4.47. The van der Waals surface area contributed by atoms with Crippen molar-refractivity contribution in [3.63, 3.8) is 0 Å². The zero-order valence-electron chi connectivity index (χ0n) is 9.16. The van der Waals surface area contributed by atoms with E-state index in [1.54, 1.807) is 25.1 Å². The Morgan fingerprint density at radius 1 is 1.44 bits per heavy atom. The van der Waals surface area contributed by atoms with E-state index < -0.39 is 0 Å². The molecule has 1 aliphatic rings. The second-order valence-electron chi connectivity index (χ2n) is 4.09. The molecular weight excluding hydrogens is 205 g/mol. The maximum absolute atomic E-state index is 13.4. The molecule has 0 heterocycles. The number of nitrogens with one attached hydrogen (secondary N) is 1. The van der Waals surface area contributed by atoms with Gasteiger partial charge >= 0.3 is 0 Å². The Balaban J connectivity index is 2.10. The molecular formula is C13H14FNO. The van der Waals surface area contributed by atoms with Crippen molar-refractivity contribution in [1.82, 2.24) is 5.32 Å². The van der Waals surface area contributed by atoms with Gasteiger partial charge in [0.15, 0.2) is 0 Å². The predicted molar refractivity (Wildman–Crippen MR) is 61.2 cm³/mol. The van der Waals surface area contributed by atoms with Crippen LogP contribution in [0.3, 0.4) is 0 Å². The molecule has 1 aromatic rings. The Bertz CT molecular complexity index is 435. The molecule has 0 unspecified atom stereocenters. The molecule has 0 spiro atoms. The Hall–Kier alpha value is -1.64. The van der Waals surface area contributed by atoms with Crippen LogP contribution < -0.4 is 5.32 Å². The van der Waals surface area contributed by atoms with Gasteiger partial charge in [-0.1, -0.05) is 18.2 Å². The highest BCUT2D eigenvalue weighted by molar-refractivity contribution is 5.95. The van der Waals surface area contributed by atoms with E-state index in [0.717, 1.165) is 12.8 Å². The van der Waals surface area contributed by atoms with E-state index in [4.69, 9.17) is 0 Å². The van der Waals surface area contributed by atoms with Gasteiger partial charge in [0.1, 0.15) is 5.82 Å². The third-order valence-electron chi connectivity index (χ3n) is 2.57. The third-order valence-corrected chi connectivity index (χ3v) is 2.57. The highest BCUT2D eigenvalue weighted by Gasteiger charge is 2.22. The fourth-order valence-electron chi connectivity index (χ4n) is 1.53. The molecule has 1 fully saturated rings. The number of hydrogen-bond acceptors (Lipinski definition) is 1. The predicted octanol–water partition coefficient (Wildman–Crippen LogP) is 2.51. The number of hydrogen-bond donors (Lipinski definition) is 1. The highest BCUT2D eigenvalue weighted by Crippen LogP contribution is 2.20. The lowest BCUT2D eigenvalue weighted by molar-refractivity contribution is -0.116. The van der Waals surface area contributed by atoms with Crippen molar-refractivity contribution in [3.8, 4) is 0 Å². The van der Waals surface area contributed by atoms with E-state index in [0.29, 0.717) is 17.2 Å². The van der Waals surface area contributed by atoms with Crippen molar-refractivity contribution >= 4 is 11.5 Å². The summed E-state index contributed by atoms with van der Waals surface area (Å²) in [4.78, 5) is 11.5. The van der Waals surface area contributed by atoms with Crippen LogP contribution in [0.4, 0.5) is 4.39 Å². The zero-order chi connectivity index (χ0) is 11.5. The lowest BCUT2D eigenvalue weighted by atomic mass is 10.1. The van der Waals surface area contributed by atoms with Crippen LogP contribution in [0.1, 0.15) is 25.3 Å². The lowest BCUT2D eigenvalue weighted by Gasteiger charge is -2.03. The summed E-state index contributed by atoms with van der Waals surface area (Å²) in [5.74, 6) is -0.432. The summed E-state index contributed by atoms with van der Waals surface area (Å²) < 4.78 is 13.4. The number of halogens is 1. The van der Waals surface area contributed by atoms with E-state index in [9.17, 15) is 9.18 Å². The molecule has 1 saturated carbocycles. The van der Waals surface area contributed by atoms with Crippen molar-refractivity contribution in [2.24, 2.45) is 0 Å². The first-order valence-electron chi connectivity index (χ1n) is 5.40. The van der Waals surface area contributed by atoms with Gasteiger partial charge in [0.05, 0.1) is 0 Å². The number of benzene rings is 1. The molecule has 1 N–H and O–H groups in total. The Morgan fingerprint density at radius 3 is 2.75 bits per heavy atom. The molecule has 3 heteroatoms. The van der Waals surface area contributed by atoms with Crippen LogP contribution in [-0.2, 0) is 4.79 Å². The van der Waals surface area contributed by atoms with E-state index in [1.165, 1.54) is 12.1 Å². The van der Waals surface area contributed by atoms with Crippen LogP contribution in [0.2, 0.25) is 0 Å². The fourth-order valence-corrected chi connectivity index (χ4v) is 1.53. The molecule has 84 valence electrons. The third kappa shape index (κ3) is 2.69. The van der Waals surface area contributed by atoms with Gasteiger partial charge in [-0.05, 0) is 31.4 Å². The van der Waals surface area contributed by atoms with Gasteiger partial charge in [-0.25, -0.2) is 4.39 Å². The van der Waals surface area contributed by atoms with Crippen molar-refractivity contribution in [1.29, 1.82) is 0 Å². The molecule has 1 aliphatic carbocycles. The standard InChI is InChI=1S/C13H14FNO/c1-9(8-13(16)15-10-6-7-10)11-4-2-3-5-12(11)14/h2-5,8,10H,6-7H2,1H3,(H,15,16)/b9-8+. The van der Waals surface area contributed by atoms with Gasteiger partial charge in [0.2, 0.25) is 5.91 Å². The number of amides is 1. The normalized spacial score (nSPS) is 16.0. The Morgan fingerprint density at radius 2 is 2.12 bits per heavy atom. The molecule has 2 rings (SSSR count). The minimum atomic E-state index is -0.296. The Kier molecular flexibility index (Phi) is 3.04. The van der Waals surface area contributed by atoms with Crippen LogP contribution in [-0.4, -0.2) is 11.9 Å². The van der Waals surface area contributed by atoms with Crippen LogP contribution in [0.5, 0.6) is 0 Å². The quantitative estimate of drug-likeness (QED) is 0.777. The summed E-state index contributed by atoms with van der Waals surface area (Å²) in [5, 5.41) is 2.84. The summed E-state index contributed by atoms with van der Waals surface area (Å²) in [6.45, 7) is 1.74. The van der Waals surface area contributed by atoms with Gasteiger partial charge in [-0.2, -0.15) is 0 Å². The van der Waals surface area contributed by atoms with Gasteiger partial charge in [-0.3, -0.25) is 4.79 Å². The van der Waals surface area contributed by atoms with Gasteiger partial charge in [0, 0.05) is 17.7 Å². The molecule has 0 radical (unpaired) electrons. The van der Waals surface area contributed by atoms with Crippen molar-refractivity contribution in [2.75, 3.05) is 0 Å². The van der Waals surface area contributed by atoms with Crippen LogP contribution in [0.15, 0.2) is 30.3 Å². The lowest BCUT2D eigenvalue weighted by Crippen LogP contribution is -2.23. The second-order valence-corrected chi connectivity index (χ2v) is 4.09. The highest BCUT2D eigenvalue weighted by atomic mass is 19.1. The van der Waals surface area contributed by atoms with Gasteiger partial charge in [-0.15, -0.1) is 0 Å². The Labute approximate surface area is 94.2 Å². The molecule has 2 nitrogen and oxygen atoms in total. The number of carbonyl (C=O) groups is 1. The summed E-state index contributed by atoms with van der Waals surface area (Å²) in [6.07, 6.45) is 3.56. The van der Waals surface area contributed by atoms with E-state index in [-0.39, 0.29) is 11.7 Å². The van der Waals surface area contributed by atoms with Gasteiger partial charge < -0.3 is 5.32 Å². The van der Waals surface area contributed by atoms with Crippen molar-refractivity contribution in [2.45, 2.75) is 25.8 Å². The molecule has 0 bridgehead atoms. The summed E-state index contributed by atoms with van der Waals surface area (Å²) in [6, 6.07) is 6.79. The average molecular weight is 219 g/mol. The molecule has 0 atom stereocenters. The van der Waals surface area contributed by atoms with Crippen molar-refractivity contribution in [3.05, 3.63) is 41.7 Å². The van der Waals surface area contributed by atoms with Crippen LogP contribution >= 0.6 is 0 Å². The first kappa shape index (κ1) is 10.9. The SMILES string of the molecule is C/C(=C\C(=O)NC1CC1)c1ccccc1F. The summed E-state index contributed by atoms with van der Waals surface area (Å²) >= 11 is 0. The van der Waals surface area contributed by atoms with Crippen LogP contribution in [0.25, 0.3) is 5.57 Å².